The first-order chi connectivity index (χ1) is 16.5. The number of hydrogen-bond donors (Lipinski definition) is 1. The number of fused-ring (bicyclic) bond motifs is 1. The summed E-state index contributed by atoms with van der Waals surface area (Å²) in [5.41, 5.74) is -0.242. The van der Waals surface area contributed by atoms with Crippen LogP contribution >= 0.6 is 0 Å². The van der Waals surface area contributed by atoms with E-state index in [1.165, 1.54) is 6.07 Å². The summed E-state index contributed by atoms with van der Waals surface area (Å²) >= 11 is 0. The Morgan fingerprint density at radius 2 is 1.57 bits per heavy atom. The molecule has 186 valence electrons. The number of rotatable bonds is 5. The van der Waals surface area contributed by atoms with Crippen molar-refractivity contribution in [2.24, 2.45) is 0 Å². The summed E-state index contributed by atoms with van der Waals surface area (Å²) < 4.78 is 117. The molecule has 0 radical (unpaired) electrons. The van der Waals surface area contributed by atoms with Gasteiger partial charge in [-0.15, -0.1) is 0 Å². The lowest BCUT2D eigenvalue weighted by molar-refractivity contribution is -0.137. The Kier molecular flexibility index (Phi) is 6.43. The number of alkyl halides is 3. The highest BCUT2D eigenvalue weighted by Crippen LogP contribution is 2.38. The molecule has 0 saturated carbocycles. The van der Waals surface area contributed by atoms with Gasteiger partial charge in [-0.1, -0.05) is 5.16 Å². The van der Waals surface area contributed by atoms with E-state index in [1.807, 2.05) is 0 Å². The molecule has 0 aliphatic heterocycles. The van der Waals surface area contributed by atoms with Crippen LogP contribution in [0.2, 0.25) is 0 Å². The van der Waals surface area contributed by atoms with Crippen molar-refractivity contribution in [2.45, 2.75) is 31.9 Å². The molecule has 35 heavy (non-hydrogen) atoms. The molecule has 0 bridgehead atoms. The molecule has 4 rings (SSSR count). The van der Waals surface area contributed by atoms with E-state index in [4.69, 9.17) is 4.52 Å². The van der Waals surface area contributed by atoms with Gasteiger partial charge in [0, 0.05) is 16.8 Å². The summed E-state index contributed by atoms with van der Waals surface area (Å²) in [6.45, 7) is -1.26. The molecule has 2 aromatic carbocycles. The first-order valence-electron chi connectivity index (χ1n) is 10.1. The Labute approximate surface area is 191 Å². The smallest absolute Gasteiger partial charge is 0.416 e. The predicted octanol–water partition coefficient (Wildman–Crippen LogP) is 5.95. The van der Waals surface area contributed by atoms with Crippen molar-refractivity contribution in [3.05, 3.63) is 64.1 Å². The van der Waals surface area contributed by atoms with Crippen molar-refractivity contribution in [2.75, 3.05) is 11.9 Å². The van der Waals surface area contributed by atoms with Crippen LogP contribution in [0.15, 0.2) is 22.7 Å². The van der Waals surface area contributed by atoms with Gasteiger partial charge in [0.2, 0.25) is 29.1 Å². The third-order valence-electron chi connectivity index (χ3n) is 5.28. The van der Waals surface area contributed by atoms with Crippen LogP contribution < -0.4 is 10.1 Å². The third-order valence-corrected chi connectivity index (χ3v) is 5.28. The van der Waals surface area contributed by atoms with Gasteiger partial charge in [0.25, 0.3) is 5.91 Å². The Morgan fingerprint density at radius 1 is 0.943 bits per heavy atom. The summed E-state index contributed by atoms with van der Waals surface area (Å²) in [5, 5.41) is 5.95. The molecule has 1 aromatic heterocycles. The van der Waals surface area contributed by atoms with Crippen molar-refractivity contribution in [3.63, 3.8) is 0 Å². The van der Waals surface area contributed by atoms with E-state index in [2.05, 4.69) is 15.2 Å². The number of nitrogens with zero attached hydrogens (tertiary/aromatic N) is 1. The summed E-state index contributed by atoms with van der Waals surface area (Å²) in [5.74, 6) is -14.4. The Bertz CT molecular complexity index is 1270. The van der Waals surface area contributed by atoms with E-state index in [1.54, 1.807) is 0 Å². The molecule has 5 nitrogen and oxygen atoms in total. The number of hydrogen-bond acceptors (Lipinski definition) is 4. The molecule has 0 saturated heterocycles. The number of amides is 1. The molecule has 0 spiro atoms. The highest BCUT2D eigenvalue weighted by Gasteiger charge is 2.33. The van der Waals surface area contributed by atoms with Gasteiger partial charge >= 0.3 is 6.18 Å². The maximum atomic E-state index is 13.7. The van der Waals surface area contributed by atoms with Crippen LogP contribution in [0.3, 0.4) is 0 Å². The molecule has 1 amide bonds. The predicted molar refractivity (Wildman–Crippen MR) is 104 cm³/mol. The van der Waals surface area contributed by atoms with Crippen molar-refractivity contribution < 1.29 is 49.2 Å². The molecule has 1 aliphatic rings. The monoisotopic (exact) mass is 506 g/mol. The van der Waals surface area contributed by atoms with Crippen LogP contribution in [0.5, 0.6) is 5.75 Å². The Hall–Kier alpha value is -3.64. The number of ether oxygens (including phenoxy) is 1. The maximum absolute atomic E-state index is 13.7. The largest absolute Gasteiger partial charge is 0.477 e. The average Bonchev–Trinajstić information content (AvgIpc) is 3.25. The zero-order chi connectivity index (χ0) is 25.5. The molecule has 1 heterocycles. The minimum atomic E-state index is -4.80. The summed E-state index contributed by atoms with van der Waals surface area (Å²) in [6.07, 6.45) is -2.01. The highest BCUT2D eigenvalue weighted by molar-refractivity contribution is 5.92. The summed E-state index contributed by atoms with van der Waals surface area (Å²) in [4.78, 5) is 12.2. The van der Waals surface area contributed by atoms with Gasteiger partial charge in [-0.2, -0.15) is 22.0 Å². The molecule has 0 atom stereocenters. The van der Waals surface area contributed by atoms with E-state index in [0.29, 0.717) is 30.2 Å². The Balaban J connectivity index is 1.59. The zero-order valence-corrected chi connectivity index (χ0v) is 17.5. The van der Waals surface area contributed by atoms with Crippen LogP contribution in [-0.2, 0) is 23.8 Å². The number of aryl methyl sites for hydroxylation is 1. The maximum Gasteiger partial charge on any atom is 0.416 e. The Morgan fingerprint density at radius 3 is 2.23 bits per heavy atom. The lowest BCUT2D eigenvalue weighted by Crippen LogP contribution is -2.22. The highest BCUT2D eigenvalue weighted by atomic mass is 19.4. The van der Waals surface area contributed by atoms with E-state index in [-0.39, 0.29) is 17.0 Å². The van der Waals surface area contributed by atoms with Gasteiger partial charge in [-0.25, -0.2) is 13.2 Å². The lowest BCUT2D eigenvalue weighted by Gasteiger charge is -2.14. The number of aromatic nitrogens is 1. The molecule has 3 aromatic rings. The van der Waals surface area contributed by atoms with Crippen LogP contribution in [0.1, 0.15) is 29.7 Å². The fourth-order valence-electron chi connectivity index (χ4n) is 3.66. The first kappa shape index (κ1) is 24.5. The van der Waals surface area contributed by atoms with Gasteiger partial charge in [0.15, 0.2) is 18.1 Å². The van der Waals surface area contributed by atoms with Gasteiger partial charge in [0.05, 0.1) is 11.3 Å². The van der Waals surface area contributed by atoms with Crippen molar-refractivity contribution >= 4 is 11.6 Å². The molecular formula is C22H14F8N2O3. The van der Waals surface area contributed by atoms with Crippen LogP contribution in [0, 0.1) is 29.1 Å². The number of halogens is 8. The van der Waals surface area contributed by atoms with Crippen LogP contribution in [-0.4, -0.2) is 17.7 Å². The van der Waals surface area contributed by atoms with E-state index in [0.717, 1.165) is 18.9 Å². The van der Waals surface area contributed by atoms with Crippen LogP contribution in [0.4, 0.5) is 40.8 Å². The third kappa shape index (κ3) is 4.80. The fourth-order valence-corrected chi connectivity index (χ4v) is 3.66. The van der Waals surface area contributed by atoms with E-state index >= 15 is 0 Å². The summed E-state index contributed by atoms with van der Waals surface area (Å²) in [6, 6.07) is 2.58. The van der Waals surface area contributed by atoms with Crippen molar-refractivity contribution in [1.29, 1.82) is 0 Å². The quantitative estimate of drug-likeness (QED) is 0.264. The lowest BCUT2D eigenvalue weighted by atomic mass is 9.93. The van der Waals surface area contributed by atoms with Gasteiger partial charge in [0.1, 0.15) is 0 Å². The van der Waals surface area contributed by atoms with Gasteiger partial charge < -0.3 is 14.6 Å². The minimum absolute atomic E-state index is 0.0218. The van der Waals surface area contributed by atoms with E-state index in [9.17, 15) is 39.9 Å². The van der Waals surface area contributed by atoms with Gasteiger partial charge in [-0.3, -0.25) is 4.79 Å². The van der Waals surface area contributed by atoms with Crippen molar-refractivity contribution in [1.82, 2.24) is 5.16 Å². The second-order valence-electron chi connectivity index (χ2n) is 7.68. The second kappa shape index (κ2) is 9.19. The van der Waals surface area contributed by atoms with Gasteiger partial charge in [-0.05, 0) is 43.9 Å². The molecule has 0 unspecified atom stereocenters. The molecule has 1 N–H and O–H groups in total. The number of carbonyl (C=O) groups is 1. The van der Waals surface area contributed by atoms with Crippen LogP contribution in [0.25, 0.3) is 11.3 Å². The van der Waals surface area contributed by atoms with Crippen molar-refractivity contribution in [3.8, 4) is 17.1 Å². The number of carbonyl (C=O) groups excluding carboxylic acids is 1. The summed E-state index contributed by atoms with van der Waals surface area (Å²) in [7, 11) is 0. The SMILES string of the molecule is O=C(COc1c(F)c(F)c(F)c(F)c1F)Nc1cc(-c2onc3c2CCCC3)cc(C(F)(F)F)c1. The number of anilines is 1. The topological polar surface area (TPSA) is 64.4 Å². The minimum Gasteiger partial charge on any atom is -0.477 e. The normalized spacial score (nSPS) is 13.5. The zero-order valence-electron chi connectivity index (χ0n) is 17.5. The average molecular weight is 506 g/mol. The second-order valence-corrected chi connectivity index (χ2v) is 7.68. The number of benzene rings is 2. The molecule has 0 fully saturated rings. The molecule has 13 heteroatoms. The number of nitrogens with one attached hydrogen (secondary N) is 1. The molecule has 1 aliphatic carbocycles. The standard InChI is InChI=1S/C22H14F8N2O3/c23-15-16(24)18(26)21(19(27)17(15)25)34-8-14(33)31-11-6-9(5-10(7-11)22(28,29)30)20-12-3-1-2-4-13(12)32-35-20/h5-7H,1-4,8H2,(H,31,33). The fraction of sp³-hybridized carbons (Fsp3) is 0.273. The molecular weight excluding hydrogens is 492 g/mol. The van der Waals surface area contributed by atoms with E-state index < -0.39 is 59.1 Å². The first-order valence-corrected chi connectivity index (χ1v) is 10.1.